The zero-order chi connectivity index (χ0) is 16.2. The Kier molecular flexibility index (Phi) is 4.91. The second-order valence-electron chi connectivity index (χ2n) is 5.90. The van der Waals surface area contributed by atoms with Crippen LogP contribution in [0.1, 0.15) is 46.9 Å². The van der Waals surface area contributed by atoms with Crippen LogP contribution in [0, 0.1) is 13.8 Å². The number of pyridine rings is 1. The first kappa shape index (κ1) is 15.9. The fourth-order valence-corrected chi connectivity index (χ4v) is 3.42. The average Bonchev–Trinajstić information content (AvgIpc) is 2.98. The Morgan fingerprint density at radius 3 is 2.74 bits per heavy atom. The number of rotatable bonds is 4. The minimum Gasteiger partial charge on any atom is -0.489 e. The molecule has 0 radical (unpaired) electrons. The van der Waals surface area contributed by atoms with E-state index in [0.717, 1.165) is 42.1 Å². The minimum absolute atomic E-state index is 0.0678. The average molecular weight is 331 g/mol. The number of aromatic nitrogens is 2. The standard InChI is InChI=1S/C17H21N3O2S/c1-11-16(4-3-9-18-11)22-14-7-5-13(6-8-14)20-17(21)15-10-23-12(2)19-15/h3-4,9-10,13-14H,5-8H2,1-2H3,(H,20,21). The number of nitrogens with one attached hydrogen (secondary N) is 1. The van der Waals surface area contributed by atoms with Gasteiger partial charge in [0.1, 0.15) is 11.4 Å². The summed E-state index contributed by atoms with van der Waals surface area (Å²) in [6.45, 7) is 3.86. The van der Waals surface area contributed by atoms with Gasteiger partial charge in [0.15, 0.2) is 0 Å². The summed E-state index contributed by atoms with van der Waals surface area (Å²) in [4.78, 5) is 20.6. The van der Waals surface area contributed by atoms with Gasteiger partial charge in [-0.05, 0) is 51.7 Å². The molecule has 23 heavy (non-hydrogen) atoms. The molecule has 0 saturated heterocycles. The van der Waals surface area contributed by atoms with Crippen LogP contribution in [0.2, 0.25) is 0 Å². The normalized spacial score (nSPS) is 21.0. The van der Waals surface area contributed by atoms with Crippen LogP contribution >= 0.6 is 11.3 Å². The van der Waals surface area contributed by atoms with Crippen molar-refractivity contribution in [1.29, 1.82) is 0 Å². The topological polar surface area (TPSA) is 64.1 Å². The first-order chi connectivity index (χ1) is 11.1. The maximum atomic E-state index is 12.1. The summed E-state index contributed by atoms with van der Waals surface area (Å²) in [5.74, 6) is 0.791. The summed E-state index contributed by atoms with van der Waals surface area (Å²) < 4.78 is 6.04. The molecule has 1 N–H and O–H groups in total. The first-order valence-electron chi connectivity index (χ1n) is 7.93. The Balaban J connectivity index is 1.49. The molecular formula is C17H21N3O2S. The summed E-state index contributed by atoms with van der Waals surface area (Å²) in [5, 5.41) is 5.81. The third-order valence-corrected chi connectivity index (χ3v) is 4.89. The van der Waals surface area contributed by atoms with Crippen molar-refractivity contribution < 1.29 is 9.53 Å². The number of carbonyl (C=O) groups is 1. The molecule has 0 bridgehead atoms. The highest BCUT2D eigenvalue weighted by Gasteiger charge is 2.24. The molecule has 0 unspecified atom stereocenters. The van der Waals surface area contributed by atoms with Crippen LogP contribution in [0.25, 0.3) is 0 Å². The maximum Gasteiger partial charge on any atom is 0.270 e. The zero-order valence-corrected chi connectivity index (χ0v) is 14.2. The Labute approximate surface area is 140 Å². The zero-order valence-electron chi connectivity index (χ0n) is 13.4. The molecule has 2 aromatic heterocycles. The van der Waals surface area contributed by atoms with Crippen LogP contribution in [0.3, 0.4) is 0 Å². The summed E-state index contributed by atoms with van der Waals surface area (Å²) in [7, 11) is 0. The molecular weight excluding hydrogens is 310 g/mol. The van der Waals surface area contributed by atoms with Gasteiger partial charge in [-0.3, -0.25) is 9.78 Å². The van der Waals surface area contributed by atoms with E-state index in [9.17, 15) is 4.79 Å². The number of ether oxygens (including phenoxy) is 1. The first-order valence-corrected chi connectivity index (χ1v) is 8.81. The van der Waals surface area contributed by atoms with Crippen molar-refractivity contribution in [3.05, 3.63) is 40.1 Å². The van der Waals surface area contributed by atoms with Crippen LogP contribution in [-0.4, -0.2) is 28.0 Å². The van der Waals surface area contributed by atoms with Gasteiger partial charge in [0.25, 0.3) is 5.91 Å². The van der Waals surface area contributed by atoms with E-state index in [1.54, 1.807) is 6.20 Å². The summed E-state index contributed by atoms with van der Waals surface area (Å²) in [5.41, 5.74) is 1.44. The van der Waals surface area contributed by atoms with Crippen LogP contribution in [0.4, 0.5) is 0 Å². The molecule has 1 aliphatic carbocycles. The van der Waals surface area contributed by atoms with Crippen LogP contribution in [0.5, 0.6) is 5.75 Å². The van der Waals surface area contributed by atoms with Crippen molar-refractivity contribution in [3.63, 3.8) is 0 Å². The fourth-order valence-electron chi connectivity index (χ4n) is 2.83. The third-order valence-electron chi connectivity index (χ3n) is 4.11. The van der Waals surface area contributed by atoms with E-state index in [0.29, 0.717) is 5.69 Å². The van der Waals surface area contributed by atoms with E-state index in [1.165, 1.54) is 11.3 Å². The van der Waals surface area contributed by atoms with Crippen molar-refractivity contribution in [2.45, 2.75) is 51.7 Å². The molecule has 0 atom stereocenters. The van der Waals surface area contributed by atoms with Crippen molar-refractivity contribution in [2.75, 3.05) is 0 Å². The lowest BCUT2D eigenvalue weighted by atomic mass is 9.93. The van der Waals surface area contributed by atoms with E-state index < -0.39 is 0 Å². The molecule has 0 aliphatic heterocycles. The Hall–Kier alpha value is -1.95. The van der Waals surface area contributed by atoms with Gasteiger partial charge in [0, 0.05) is 17.6 Å². The SMILES string of the molecule is Cc1nc(C(=O)NC2CCC(Oc3cccnc3C)CC2)cs1. The highest BCUT2D eigenvalue weighted by molar-refractivity contribution is 7.09. The maximum absolute atomic E-state index is 12.1. The number of hydrogen-bond acceptors (Lipinski definition) is 5. The van der Waals surface area contributed by atoms with Crippen LogP contribution < -0.4 is 10.1 Å². The molecule has 0 aromatic carbocycles. The highest BCUT2D eigenvalue weighted by Crippen LogP contribution is 2.25. The van der Waals surface area contributed by atoms with Gasteiger partial charge in [0.2, 0.25) is 0 Å². The number of aryl methyl sites for hydroxylation is 2. The monoisotopic (exact) mass is 331 g/mol. The molecule has 1 fully saturated rings. The summed E-state index contributed by atoms with van der Waals surface area (Å²) in [6, 6.07) is 4.06. The number of carbonyl (C=O) groups excluding carboxylic acids is 1. The van der Waals surface area contributed by atoms with Gasteiger partial charge in [-0.15, -0.1) is 11.3 Å². The number of thiazole rings is 1. The fraction of sp³-hybridized carbons (Fsp3) is 0.471. The second-order valence-corrected chi connectivity index (χ2v) is 6.97. The Morgan fingerprint density at radius 1 is 1.30 bits per heavy atom. The van der Waals surface area contributed by atoms with Gasteiger partial charge in [-0.2, -0.15) is 0 Å². The minimum atomic E-state index is -0.0678. The molecule has 2 aromatic rings. The molecule has 5 nitrogen and oxygen atoms in total. The molecule has 1 amide bonds. The van der Waals surface area contributed by atoms with E-state index in [-0.39, 0.29) is 18.1 Å². The van der Waals surface area contributed by atoms with Crippen LogP contribution in [-0.2, 0) is 0 Å². The summed E-state index contributed by atoms with van der Waals surface area (Å²) in [6.07, 6.45) is 5.71. The third kappa shape index (κ3) is 4.07. The van der Waals surface area contributed by atoms with Gasteiger partial charge in [-0.1, -0.05) is 0 Å². The van der Waals surface area contributed by atoms with E-state index in [4.69, 9.17) is 4.74 Å². The van der Waals surface area contributed by atoms with Crippen molar-refractivity contribution in [2.24, 2.45) is 0 Å². The second kappa shape index (κ2) is 7.08. The number of hydrogen-bond donors (Lipinski definition) is 1. The van der Waals surface area contributed by atoms with Crippen molar-refractivity contribution in [3.8, 4) is 5.75 Å². The lowest BCUT2D eigenvalue weighted by Crippen LogP contribution is -2.39. The molecule has 122 valence electrons. The highest BCUT2D eigenvalue weighted by atomic mass is 32.1. The predicted molar refractivity (Wildman–Crippen MR) is 90.0 cm³/mol. The molecule has 0 spiro atoms. The quantitative estimate of drug-likeness (QED) is 0.934. The molecule has 3 rings (SSSR count). The Bertz CT molecular complexity index is 678. The number of nitrogens with zero attached hydrogens (tertiary/aromatic N) is 2. The van der Waals surface area contributed by atoms with Gasteiger partial charge in [0.05, 0.1) is 16.8 Å². The van der Waals surface area contributed by atoms with E-state index in [2.05, 4.69) is 15.3 Å². The molecule has 2 heterocycles. The molecule has 1 saturated carbocycles. The Morgan fingerprint density at radius 2 is 2.09 bits per heavy atom. The van der Waals surface area contributed by atoms with Gasteiger partial charge in [-0.25, -0.2) is 4.98 Å². The van der Waals surface area contributed by atoms with E-state index in [1.807, 2.05) is 31.4 Å². The summed E-state index contributed by atoms with van der Waals surface area (Å²) >= 11 is 1.50. The van der Waals surface area contributed by atoms with Crippen molar-refractivity contribution in [1.82, 2.24) is 15.3 Å². The van der Waals surface area contributed by atoms with Gasteiger partial charge < -0.3 is 10.1 Å². The van der Waals surface area contributed by atoms with Crippen LogP contribution in [0.15, 0.2) is 23.7 Å². The lowest BCUT2D eigenvalue weighted by molar-refractivity contribution is 0.0889. The lowest BCUT2D eigenvalue weighted by Gasteiger charge is -2.29. The van der Waals surface area contributed by atoms with Crippen molar-refractivity contribution >= 4 is 17.2 Å². The smallest absolute Gasteiger partial charge is 0.270 e. The predicted octanol–water partition coefficient (Wildman–Crippen LogP) is 3.27. The molecule has 6 heteroatoms. The van der Waals surface area contributed by atoms with Gasteiger partial charge >= 0.3 is 0 Å². The largest absolute Gasteiger partial charge is 0.489 e. The number of amides is 1. The van der Waals surface area contributed by atoms with E-state index >= 15 is 0 Å². The molecule has 1 aliphatic rings.